The molecule has 0 atom stereocenters. The number of benzene rings is 2. The van der Waals surface area contributed by atoms with Crippen molar-refractivity contribution >= 4 is 17.5 Å². The number of ether oxygens (including phenoxy) is 4. The number of nitrogen functional groups attached to an aromatic ring is 1. The number of allylic oxidation sites excluding steroid dienone is 1. The molecule has 2 aromatic rings. The maximum absolute atomic E-state index is 13.2. The second kappa shape index (κ2) is 8.25. The van der Waals surface area contributed by atoms with E-state index in [0.29, 0.717) is 53.0 Å². The Balaban J connectivity index is 2.03. The topological polar surface area (TPSA) is 80.0 Å². The highest BCUT2D eigenvalue weighted by atomic mass is 16.6. The molecule has 6 nitrogen and oxygen atoms in total. The third-order valence-electron chi connectivity index (χ3n) is 4.55. The highest BCUT2D eigenvalue weighted by Gasteiger charge is 2.21. The fourth-order valence-corrected chi connectivity index (χ4v) is 3.07. The lowest BCUT2D eigenvalue weighted by atomic mass is 9.92. The zero-order valence-electron chi connectivity index (χ0n) is 16.6. The van der Waals surface area contributed by atoms with Crippen LogP contribution in [0.1, 0.15) is 29.8 Å². The Hall–Kier alpha value is -3.15. The average Bonchev–Trinajstić information content (AvgIpc) is 2.71. The van der Waals surface area contributed by atoms with Gasteiger partial charge in [-0.05, 0) is 47.9 Å². The van der Waals surface area contributed by atoms with Gasteiger partial charge in [0.2, 0.25) is 5.75 Å². The summed E-state index contributed by atoms with van der Waals surface area (Å²) in [5, 5.41) is 0. The van der Waals surface area contributed by atoms with Crippen molar-refractivity contribution in [1.29, 1.82) is 0 Å². The number of nitrogens with two attached hydrogens (primary N) is 1. The molecule has 2 aromatic carbocycles. The number of carbonyl (C=O) groups is 1. The van der Waals surface area contributed by atoms with Crippen LogP contribution in [0.5, 0.6) is 23.0 Å². The molecule has 2 N–H and O–H groups in total. The van der Waals surface area contributed by atoms with Crippen LogP contribution in [0, 0.1) is 5.92 Å². The Kier molecular flexibility index (Phi) is 5.78. The summed E-state index contributed by atoms with van der Waals surface area (Å²) >= 11 is 0. The largest absolute Gasteiger partial charge is 0.495 e. The molecule has 0 radical (unpaired) electrons. The first-order chi connectivity index (χ1) is 13.4. The summed E-state index contributed by atoms with van der Waals surface area (Å²) in [6.45, 7) is 4.92. The van der Waals surface area contributed by atoms with E-state index < -0.39 is 0 Å². The molecule has 3 rings (SSSR count). The second-order valence-corrected chi connectivity index (χ2v) is 6.79. The predicted molar refractivity (Wildman–Crippen MR) is 109 cm³/mol. The minimum atomic E-state index is -0.0813. The summed E-state index contributed by atoms with van der Waals surface area (Å²) in [7, 11) is 3.11. The van der Waals surface area contributed by atoms with Crippen LogP contribution in [0.25, 0.3) is 6.08 Å². The molecule has 28 heavy (non-hydrogen) atoms. The lowest BCUT2D eigenvalue weighted by Crippen LogP contribution is -2.16. The zero-order valence-corrected chi connectivity index (χ0v) is 16.6. The fraction of sp³-hybridized carbons (Fsp3) is 0.318. The van der Waals surface area contributed by atoms with Crippen molar-refractivity contribution in [2.75, 3.05) is 33.2 Å². The van der Waals surface area contributed by atoms with Crippen molar-refractivity contribution in [1.82, 2.24) is 0 Å². The normalized spacial score (nSPS) is 13.4. The van der Waals surface area contributed by atoms with E-state index in [1.165, 1.54) is 7.11 Å². The maximum atomic E-state index is 13.2. The van der Waals surface area contributed by atoms with E-state index in [9.17, 15) is 4.79 Å². The van der Waals surface area contributed by atoms with Crippen molar-refractivity contribution in [3.05, 3.63) is 47.0 Å². The Morgan fingerprint density at radius 2 is 1.79 bits per heavy atom. The molecule has 6 heteroatoms. The van der Waals surface area contributed by atoms with Crippen LogP contribution >= 0.6 is 0 Å². The summed E-state index contributed by atoms with van der Waals surface area (Å²) in [5.74, 6) is 2.19. The highest BCUT2D eigenvalue weighted by molar-refractivity contribution is 6.12. The van der Waals surface area contributed by atoms with Gasteiger partial charge in [-0.2, -0.15) is 0 Å². The van der Waals surface area contributed by atoms with Crippen LogP contribution in [-0.2, 0) is 0 Å². The second-order valence-electron chi connectivity index (χ2n) is 6.79. The van der Waals surface area contributed by atoms with E-state index in [2.05, 4.69) is 0 Å². The third-order valence-corrected chi connectivity index (χ3v) is 4.55. The Labute approximate surface area is 164 Å². The molecule has 0 unspecified atom stereocenters. The van der Waals surface area contributed by atoms with E-state index in [1.54, 1.807) is 25.3 Å². The number of fused-ring (bicyclic) bond motifs is 1. The first-order valence-electron chi connectivity index (χ1n) is 9.12. The van der Waals surface area contributed by atoms with Gasteiger partial charge in [-0.15, -0.1) is 0 Å². The minimum Gasteiger partial charge on any atom is -0.495 e. The van der Waals surface area contributed by atoms with Gasteiger partial charge in [-0.3, -0.25) is 4.79 Å². The van der Waals surface area contributed by atoms with Crippen molar-refractivity contribution in [3.63, 3.8) is 0 Å². The molecule has 0 aromatic heterocycles. The molecule has 1 aliphatic rings. The van der Waals surface area contributed by atoms with Crippen LogP contribution in [-0.4, -0.2) is 33.2 Å². The monoisotopic (exact) mass is 383 g/mol. The highest BCUT2D eigenvalue weighted by Crippen LogP contribution is 2.41. The summed E-state index contributed by atoms with van der Waals surface area (Å²) in [5.41, 5.74) is 8.34. The van der Waals surface area contributed by atoms with Gasteiger partial charge in [0.25, 0.3) is 0 Å². The molecule has 0 bridgehead atoms. The van der Waals surface area contributed by atoms with Crippen molar-refractivity contribution in [2.24, 2.45) is 5.92 Å². The molecule has 148 valence electrons. The summed E-state index contributed by atoms with van der Waals surface area (Å²) in [6.07, 6.45) is 1.86. The van der Waals surface area contributed by atoms with Gasteiger partial charge in [0.05, 0.1) is 19.9 Å². The van der Waals surface area contributed by atoms with Crippen LogP contribution in [0.15, 0.2) is 35.9 Å². The molecule has 0 fully saturated rings. The van der Waals surface area contributed by atoms with Crippen molar-refractivity contribution in [2.45, 2.75) is 13.8 Å². The lowest BCUT2D eigenvalue weighted by molar-refractivity contribution is 0.102. The third kappa shape index (κ3) is 3.91. The summed E-state index contributed by atoms with van der Waals surface area (Å²) in [4.78, 5) is 13.2. The maximum Gasteiger partial charge on any atom is 0.203 e. The number of hydrogen-bond acceptors (Lipinski definition) is 6. The molecule has 0 spiro atoms. The smallest absolute Gasteiger partial charge is 0.203 e. The van der Waals surface area contributed by atoms with E-state index in [1.807, 2.05) is 32.1 Å². The lowest BCUT2D eigenvalue weighted by Gasteiger charge is -2.21. The van der Waals surface area contributed by atoms with E-state index in [4.69, 9.17) is 24.7 Å². The number of hydrogen-bond donors (Lipinski definition) is 1. The van der Waals surface area contributed by atoms with E-state index in [0.717, 1.165) is 5.56 Å². The number of Topliss-reactive ketones (excluding diaryl/α,β-unsaturated/α-hetero) is 1. The average molecular weight is 383 g/mol. The Bertz CT molecular complexity index is 900. The standard InChI is InChI=1S/C22H25NO5/c1-13(2)16(21(24)15-5-6-17(23)18(12-15)25-3)9-14-10-19(26-4)22-20(11-14)27-7-8-28-22/h5-6,9-13H,7-8,23H2,1-4H3. The summed E-state index contributed by atoms with van der Waals surface area (Å²) in [6, 6.07) is 8.75. The summed E-state index contributed by atoms with van der Waals surface area (Å²) < 4.78 is 22.0. The molecular weight excluding hydrogens is 358 g/mol. The molecule has 1 heterocycles. The first kappa shape index (κ1) is 19.6. The first-order valence-corrected chi connectivity index (χ1v) is 9.12. The number of rotatable bonds is 6. The molecule has 1 aliphatic heterocycles. The van der Waals surface area contributed by atoms with Gasteiger partial charge in [-0.1, -0.05) is 13.8 Å². The zero-order chi connectivity index (χ0) is 20.3. The van der Waals surface area contributed by atoms with E-state index in [-0.39, 0.29) is 11.7 Å². The number of carbonyl (C=O) groups excluding carboxylic acids is 1. The number of anilines is 1. The molecular formula is C22H25NO5. The van der Waals surface area contributed by atoms with Gasteiger partial charge >= 0.3 is 0 Å². The molecule has 0 amide bonds. The molecule has 0 saturated heterocycles. The van der Waals surface area contributed by atoms with Gasteiger partial charge in [0, 0.05) is 11.1 Å². The minimum absolute atomic E-state index is 0.00948. The molecule has 0 aliphatic carbocycles. The number of ketones is 1. The van der Waals surface area contributed by atoms with Crippen LogP contribution in [0.2, 0.25) is 0 Å². The van der Waals surface area contributed by atoms with Crippen LogP contribution in [0.3, 0.4) is 0 Å². The van der Waals surface area contributed by atoms with Crippen LogP contribution < -0.4 is 24.7 Å². The quantitative estimate of drug-likeness (QED) is 0.462. The Morgan fingerprint density at radius 3 is 2.46 bits per heavy atom. The van der Waals surface area contributed by atoms with E-state index >= 15 is 0 Å². The number of methoxy groups -OCH3 is 2. The van der Waals surface area contributed by atoms with Gasteiger partial charge in [0.1, 0.15) is 19.0 Å². The predicted octanol–water partition coefficient (Wildman–Crippen LogP) is 3.98. The fourth-order valence-electron chi connectivity index (χ4n) is 3.07. The SMILES string of the molecule is COc1cc(C(=O)C(=Cc2cc(OC)c3c(c2)OCCO3)C(C)C)ccc1N. The van der Waals surface area contributed by atoms with Gasteiger partial charge in [0.15, 0.2) is 17.3 Å². The van der Waals surface area contributed by atoms with Crippen LogP contribution in [0.4, 0.5) is 5.69 Å². The van der Waals surface area contributed by atoms with Gasteiger partial charge < -0.3 is 24.7 Å². The van der Waals surface area contributed by atoms with Gasteiger partial charge in [-0.25, -0.2) is 0 Å². The Morgan fingerprint density at radius 1 is 1.07 bits per heavy atom. The van der Waals surface area contributed by atoms with Crippen molar-refractivity contribution < 1.29 is 23.7 Å². The van der Waals surface area contributed by atoms with Crippen molar-refractivity contribution in [3.8, 4) is 23.0 Å². The molecule has 0 saturated carbocycles.